The second-order valence-electron chi connectivity index (χ2n) is 4.22. The largest absolute Gasteiger partial charge is 0.433 e. The van der Waals surface area contributed by atoms with Crippen LogP contribution in [0.3, 0.4) is 0 Å². The second-order valence-corrected chi connectivity index (χ2v) is 4.96. The lowest BCUT2D eigenvalue weighted by Crippen LogP contribution is -2.25. The Morgan fingerprint density at radius 1 is 1.47 bits per heavy atom. The maximum absolute atomic E-state index is 12.3. The second kappa shape index (κ2) is 5.92. The molecule has 0 N–H and O–H groups in total. The number of hydrogen-bond donors (Lipinski definition) is 0. The van der Waals surface area contributed by atoms with Crippen molar-refractivity contribution in [2.75, 3.05) is 17.3 Å². The minimum absolute atomic E-state index is 0.00699. The number of alkyl halides is 3. The molecular weight excluding hydrogens is 299 g/mol. The molecule has 1 atom stereocenters. The highest BCUT2D eigenvalue weighted by molar-refractivity contribution is 6.31. The van der Waals surface area contributed by atoms with E-state index in [0.717, 1.165) is 0 Å². The first-order valence-electron chi connectivity index (χ1n) is 5.62. The topological polar surface area (TPSA) is 29.5 Å². The molecule has 0 aromatic heterocycles. The third-order valence-electron chi connectivity index (χ3n) is 2.85. The van der Waals surface area contributed by atoms with Crippen LogP contribution in [-0.2, 0) is 4.79 Å². The van der Waals surface area contributed by atoms with Gasteiger partial charge in [-0.1, -0.05) is 11.6 Å². The Labute approximate surface area is 119 Å². The molecule has 1 aliphatic rings. The van der Waals surface area contributed by atoms with Crippen LogP contribution in [0.1, 0.15) is 6.42 Å². The van der Waals surface area contributed by atoms with Crippen LogP contribution in [0.25, 0.3) is 0 Å². The molecule has 19 heavy (non-hydrogen) atoms. The van der Waals surface area contributed by atoms with Crippen LogP contribution in [0.4, 0.5) is 14.5 Å². The predicted octanol–water partition coefficient (Wildman–Crippen LogP) is 3.53. The Hall–Kier alpha value is -1.07. The van der Waals surface area contributed by atoms with Crippen molar-refractivity contribution in [2.24, 2.45) is 5.92 Å². The zero-order valence-electron chi connectivity index (χ0n) is 9.78. The minimum Gasteiger partial charge on any atom is -0.433 e. The quantitative estimate of drug-likeness (QED) is 0.796. The van der Waals surface area contributed by atoms with Crippen LogP contribution >= 0.6 is 23.2 Å². The van der Waals surface area contributed by atoms with Crippen LogP contribution in [0.5, 0.6) is 5.75 Å². The SMILES string of the molecule is O=C1CC(CCl)CN1c1cc(Cl)ccc1OC(F)F. The number of carbonyl (C=O) groups excluding carboxylic acids is 1. The van der Waals surface area contributed by atoms with Crippen molar-refractivity contribution in [2.45, 2.75) is 13.0 Å². The molecule has 1 fully saturated rings. The summed E-state index contributed by atoms with van der Waals surface area (Å²) in [5.74, 6) is 0.107. The van der Waals surface area contributed by atoms with E-state index < -0.39 is 6.61 Å². The normalized spacial score (nSPS) is 19.3. The summed E-state index contributed by atoms with van der Waals surface area (Å²) in [6.45, 7) is -2.58. The molecule has 1 unspecified atom stereocenters. The zero-order chi connectivity index (χ0) is 14.0. The van der Waals surface area contributed by atoms with Crippen LogP contribution in [0.15, 0.2) is 18.2 Å². The third-order valence-corrected chi connectivity index (χ3v) is 3.52. The lowest BCUT2D eigenvalue weighted by molar-refractivity contribution is -0.117. The highest BCUT2D eigenvalue weighted by Crippen LogP contribution is 2.36. The van der Waals surface area contributed by atoms with Crippen molar-refractivity contribution in [3.05, 3.63) is 23.2 Å². The molecule has 2 rings (SSSR count). The fourth-order valence-electron chi connectivity index (χ4n) is 2.01. The molecule has 7 heteroatoms. The number of rotatable bonds is 4. The standard InChI is InChI=1S/C12H11Cl2F2NO2/c13-5-7-3-11(18)17(6-7)9-4-8(14)1-2-10(9)19-12(15)16/h1-2,4,7,12H,3,5-6H2. The van der Waals surface area contributed by atoms with E-state index in [-0.39, 0.29) is 23.3 Å². The summed E-state index contributed by atoms with van der Waals surface area (Å²) in [7, 11) is 0. The van der Waals surface area contributed by atoms with Crippen molar-refractivity contribution in [1.82, 2.24) is 0 Å². The van der Waals surface area contributed by atoms with Crippen molar-refractivity contribution in [1.29, 1.82) is 0 Å². The Balaban J connectivity index is 2.32. The molecule has 0 saturated carbocycles. The molecule has 0 spiro atoms. The maximum Gasteiger partial charge on any atom is 0.387 e. The van der Waals surface area contributed by atoms with Crippen LogP contribution in [-0.4, -0.2) is 24.9 Å². The molecule has 1 amide bonds. The van der Waals surface area contributed by atoms with E-state index in [1.807, 2.05) is 0 Å². The van der Waals surface area contributed by atoms with Crippen molar-refractivity contribution >= 4 is 34.8 Å². The lowest BCUT2D eigenvalue weighted by Gasteiger charge is -2.20. The van der Waals surface area contributed by atoms with Crippen molar-refractivity contribution in [3.8, 4) is 5.75 Å². The van der Waals surface area contributed by atoms with Gasteiger partial charge in [-0.25, -0.2) is 0 Å². The summed E-state index contributed by atoms with van der Waals surface area (Å²) in [5, 5.41) is 0.346. The van der Waals surface area contributed by atoms with Gasteiger partial charge >= 0.3 is 6.61 Å². The van der Waals surface area contributed by atoms with Crippen molar-refractivity contribution in [3.63, 3.8) is 0 Å². The lowest BCUT2D eigenvalue weighted by atomic mass is 10.1. The van der Waals surface area contributed by atoms with E-state index in [1.54, 1.807) is 0 Å². The highest BCUT2D eigenvalue weighted by Gasteiger charge is 2.32. The van der Waals surface area contributed by atoms with E-state index >= 15 is 0 Å². The predicted molar refractivity (Wildman–Crippen MR) is 69.3 cm³/mol. The summed E-state index contributed by atoms with van der Waals surface area (Å²) in [4.78, 5) is 13.3. The average molecular weight is 310 g/mol. The molecule has 0 bridgehead atoms. The van der Waals surface area contributed by atoms with Gasteiger partial charge in [0.25, 0.3) is 0 Å². The summed E-state index contributed by atoms with van der Waals surface area (Å²) < 4.78 is 29.1. The van der Waals surface area contributed by atoms with Gasteiger partial charge in [-0.15, -0.1) is 11.6 Å². The molecule has 1 aromatic carbocycles. The summed E-state index contributed by atoms with van der Waals surface area (Å²) in [6.07, 6.45) is 0.296. The summed E-state index contributed by atoms with van der Waals surface area (Å²) in [5.41, 5.74) is 0.255. The van der Waals surface area contributed by atoms with E-state index in [1.165, 1.54) is 23.1 Å². The van der Waals surface area contributed by atoms with Crippen LogP contribution in [0, 0.1) is 5.92 Å². The van der Waals surface area contributed by atoms with E-state index in [2.05, 4.69) is 4.74 Å². The first kappa shape index (κ1) is 14.3. The maximum atomic E-state index is 12.3. The highest BCUT2D eigenvalue weighted by atomic mass is 35.5. The molecule has 104 valence electrons. The number of hydrogen-bond acceptors (Lipinski definition) is 2. The molecule has 0 aliphatic carbocycles. The van der Waals surface area contributed by atoms with Gasteiger partial charge in [0, 0.05) is 23.9 Å². The summed E-state index contributed by atoms with van der Waals surface area (Å²) in [6, 6.07) is 4.20. The fraction of sp³-hybridized carbons (Fsp3) is 0.417. The fourth-order valence-corrected chi connectivity index (χ4v) is 2.39. The number of ether oxygens (including phenoxy) is 1. The number of benzene rings is 1. The van der Waals surface area contributed by atoms with Gasteiger partial charge in [0.05, 0.1) is 5.69 Å². The number of anilines is 1. The molecule has 0 radical (unpaired) electrons. The van der Waals surface area contributed by atoms with Gasteiger partial charge in [0.2, 0.25) is 5.91 Å². The van der Waals surface area contributed by atoms with Gasteiger partial charge in [-0.3, -0.25) is 4.79 Å². The van der Waals surface area contributed by atoms with Crippen molar-refractivity contribution < 1.29 is 18.3 Å². The average Bonchev–Trinajstić information content (AvgIpc) is 2.72. The molecule has 1 aromatic rings. The zero-order valence-corrected chi connectivity index (χ0v) is 11.3. The minimum atomic E-state index is -2.96. The van der Waals surface area contributed by atoms with E-state index in [9.17, 15) is 13.6 Å². The summed E-state index contributed by atoms with van der Waals surface area (Å²) >= 11 is 11.6. The molecule has 1 saturated heterocycles. The molecule has 1 heterocycles. The number of amides is 1. The van der Waals surface area contributed by atoms with E-state index in [0.29, 0.717) is 23.9 Å². The smallest absolute Gasteiger partial charge is 0.387 e. The van der Waals surface area contributed by atoms with E-state index in [4.69, 9.17) is 23.2 Å². The molecular formula is C12H11Cl2F2NO2. The first-order valence-corrected chi connectivity index (χ1v) is 6.53. The Bertz CT molecular complexity index is 485. The van der Waals surface area contributed by atoms with Gasteiger partial charge in [0.15, 0.2) is 0 Å². The Morgan fingerprint density at radius 3 is 2.79 bits per heavy atom. The van der Waals surface area contributed by atoms with Crippen LogP contribution in [0.2, 0.25) is 5.02 Å². The van der Waals surface area contributed by atoms with Crippen LogP contribution < -0.4 is 9.64 Å². The Kier molecular flexibility index (Phi) is 4.47. The first-order chi connectivity index (χ1) is 9.01. The third kappa shape index (κ3) is 3.28. The number of halogens is 4. The number of carbonyl (C=O) groups is 1. The Morgan fingerprint density at radius 2 is 2.21 bits per heavy atom. The van der Waals surface area contributed by atoms with Gasteiger partial charge in [-0.2, -0.15) is 8.78 Å². The number of nitrogens with zero attached hydrogens (tertiary/aromatic N) is 1. The molecule has 1 aliphatic heterocycles. The van der Waals surface area contributed by atoms with Gasteiger partial charge < -0.3 is 9.64 Å². The van der Waals surface area contributed by atoms with Gasteiger partial charge in [-0.05, 0) is 24.1 Å². The van der Waals surface area contributed by atoms with Gasteiger partial charge in [0.1, 0.15) is 5.75 Å². The molecule has 3 nitrogen and oxygen atoms in total. The monoisotopic (exact) mass is 309 g/mol.